The summed E-state index contributed by atoms with van der Waals surface area (Å²) < 4.78 is 10.4. The van der Waals surface area contributed by atoms with Gasteiger partial charge in [0, 0.05) is 28.5 Å². The predicted molar refractivity (Wildman–Crippen MR) is 77.8 cm³/mol. The molecule has 1 aliphatic heterocycles. The highest BCUT2D eigenvalue weighted by atomic mass is 32.2. The largest absolute Gasteiger partial charge is 0.461 e. The van der Waals surface area contributed by atoms with Crippen molar-refractivity contribution >= 4 is 34.3 Å². The zero-order valence-electron chi connectivity index (χ0n) is 10.8. The van der Waals surface area contributed by atoms with Gasteiger partial charge in [0.1, 0.15) is 12.2 Å². The highest BCUT2D eigenvalue weighted by Crippen LogP contribution is 2.36. The van der Waals surface area contributed by atoms with Crippen LogP contribution in [0.2, 0.25) is 0 Å². The van der Waals surface area contributed by atoms with Crippen LogP contribution in [0.1, 0.15) is 12.5 Å². The molecule has 1 aromatic heterocycles. The van der Waals surface area contributed by atoms with Crippen molar-refractivity contribution in [2.24, 2.45) is 0 Å². The van der Waals surface area contributed by atoms with E-state index in [1.165, 1.54) is 6.92 Å². The molecule has 0 atom stereocenters. The summed E-state index contributed by atoms with van der Waals surface area (Å²) in [6.45, 7) is 1.45. The van der Waals surface area contributed by atoms with E-state index in [2.05, 4.69) is 0 Å². The molecule has 2 heterocycles. The molecule has 0 radical (unpaired) electrons. The van der Waals surface area contributed by atoms with Gasteiger partial charge >= 0.3 is 11.6 Å². The van der Waals surface area contributed by atoms with Gasteiger partial charge in [-0.15, -0.1) is 11.8 Å². The fraction of sp³-hybridized carbons (Fsp3) is 0.200. The van der Waals surface area contributed by atoms with E-state index in [1.807, 2.05) is 24.3 Å². The van der Waals surface area contributed by atoms with E-state index in [0.29, 0.717) is 16.7 Å². The number of hydrogen-bond acceptors (Lipinski definition) is 5. The summed E-state index contributed by atoms with van der Waals surface area (Å²) in [5.74, 6) is 0.382. The monoisotopic (exact) mass is 288 g/mol. The molecule has 0 amide bonds. The van der Waals surface area contributed by atoms with Crippen LogP contribution in [0, 0.1) is 0 Å². The minimum absolute atomic E-state index is 0.103. The third kappa shape index (κ3) is 2.25. The highest BCUT2D eigenvalue weighted by Gasteiger charge is 2.21. The summed E-state index contributed by atoms with van der Waals surface area (Å²) in [5, 5.41) is 0.917. The van der Waals surface area contributed by atoms with Crippen LogP contribution >= 0.6 is 11.8 Å². The molecule has 4 nitrogen and oxygen atoms in total. The maximum absolute atomic E-state index is 12.2. The Kier molecular flexibility index (Phi) is 3.36. The second-order valence-electron chi connectivity index (χ2n) is 4.41. The molecular formula is C15H12O4S. The molecule has 3 rings (SSSR count). The van der Waals surface area contributed by atoms with E-state index < -0.39 is 0 Å². The van der Waals surface area contributed by atoms with Crippen LogP contribution in [-0.2, 0) is 9.53 Å². The van der Waals surface area contributed by atoms with Crippen LogP contribution in [-0.4, -0.2) is 18.3 Å². The molecule has 1 aliphatic rings. The molecule has 0 fully saturated rings. The number of para-hydroxylation sites is 1. The summed E-state index contributed by atoms with van der Waals surface area (Å²) in [6, 6.07) is 7.45. The van der Waals surface area contributed by atoms with E-state index in [1.54, 1.807) is 17.8 Å². The molecule has 0 bridgehead atoms. The Bertz CT molecular complexity index is 773. The number of rotatable bonds is 2. The number of fused-ring (bicyclic) bond motifs is 3. The van der Waals surface area contributed by atoms with Gasteiger partial charge in [0.25, 0.3) is 0 Å². The van der Waals surface area contributed by atoms with Crippen molar-refractivity contribution in [2.45, 2.75) is 11.8 Å². The number of esters is 1. The van der Waals surface area contributed by atoms with E-state index in [4.69, 9.17) is 9.15 Å². The van der Waals surface area contributed by atoms with Crippen molar-refractivity contribution in [3.05, 3.63) is 46.3 Å². The Hall–Kier alpha value is -2.01. The average Bonchev–Trinajstić information content (AvgIpc) is 2.45. The zero-order valence-corrected chi connectivity index (χ0v) is 11.7. The van der Waals surface area contributed by atoms with Crippen LogP contribution in [0.4, 0.5) is 0 Å². The lowest BCUT2D eigenvalue weighted by molar-refractivity contribution is -0.139. The predicted octanol–water partition coefficient (Wildman–Crippen LogP) is 2.85. The molecule has 0 saturated heterocycles. The molecule has 5 heteroatoms. The van der Waals surface area contributed by atoms with Crippen molar-refractivity contribution in [3.63, 3.8) is 0 Å². The Morgan fingerprint density at radius 1 is 1.40 bits per heavy atom. The maximum atomic E-state index is 12.2. The summed E-state index contributed by atoms with van der Waals surface area (Å²) in [6.07, 6.45) is 1.90. The number of carbonyl (C=O) groups excluding carboxylic acids is 1. The average molecular weight is 288 g/mol. The summed E-state index contributed by atoms with van der Waals surface area (Å²) in [7, 11) is 0. The SMILES string of the molecule is CC(=O)OCC1=CCSc2c1c(=O)oc1ccccc21. The van der Waals surface area contributed by atoms with Gasteiger partial charge in [-0.3, -0.25) is 4.79 Å². The van der Waals surface area contributed by atoms with E-state index in [-0.39, 0.29) is 18.2 Å². The third-order valence-electron chi connectivity index (χ3n) is 3.07. The van der Waals surface area contributed by atoms with Gasteiger partial charge in [-0.25, -0.2) is 4.79 Å². The van der Waals surface area contributed by atoms with Crippen LogP contribution in [0.3, 0.4) is 0 Å². The van der Waals surface area contributed by atoms with E-state index in [0.717, 1.165) is 16.0 Å². The second-order valence-corrected chi connectivity index (χ2v) is 5.44. The Balaban J connectivity index is 2.15. The standard InChI is InChI=1S/C15H12O4S/c1-9(16)18-8-10-6-7-20-14-11-4-2-3-5-12(11)19-15(17)13(10)14/h2-6H,7-8H2,1H3. The van der Waals surface area contributed by atoms with Gasteiger partial charge in [-0.2, -0.15) is 0 Å². The summed E-state index contributed by atoms with van der Waals surface area (Å²) >= 11 is 1.59. The Morgan fingerprint density at radius 2 is 2.20 bits per heavy atom. The van der Waals surface area contributed by atoms with E-state index >= 15 is 0 Å². The fourth-order valence-corrected chi connectivity index (χ4v) is 3.32. The van der Waals surface area contributed by atoms with E-state index in [9.17, 15) is 9.59 Å². The molecule has 102 valence electrons. The lowest BCUT2D eigenvalue weighted by Crippen LogP contribution is -2.15. The van der Waals surface area contributed by atoms with Crippen LogP contribution in [0.25, 0.3) is 16.5 Å². The number of hydrogen-bond donors (Lipinski definition) is 0. The van der Waals surface area contributed by atoms with Crippen LogP contribution < -0.4 is 5.63 Å². The first kappa shape index (κ1) is 13.0. The quantitative estimate of drug-likeness (QED) is 0.628. The van der Waals surface area contributed by atoms with Crippen molar-refractivity contribution < 1.29 is 13.9 Å². The molecule has 0 N–H and O–H groups in total. The van der Waals surface area contributed by atoms with Gasteiger partial charge in [-0.1, -0.05) is 24.3 Å². The molecule has 0 spiro atoms. The highest BCUT2D eigenvalue weighted by molar-refractivity contribution is 7.99. The smallest absolute Gasteiger partial charge is 0.345 e. The van der Waals surface area contributed by atoms with Crippen molar-refractivity contribution in [2.75, 3.05) is 12.4 Å². The zero-order chi connectivity index (χ0) is 14.1. The minimum atomic E-state index is -0.385. The summed E-state index contributed by atoms with van der Waals surface area (Å²) in [4.78, 5) is 24.0. The normalized spacial score (nSPS) is 13.8. The first-order chi connectivity index (χ1) is 9.66. The van der Waals surface area contributed by atoms with Crippen molar-refractivity contribution in [3.8, 4) is 0 Å². The Labute approximate surface area is 119 Å². The maximum Gasteiger partial charge on any atom is 0.345 e. The summed E-state index contributed by atoms with van der Waals surface area (Å²) in [5.41, 5.74) is 1.43. The molecule has 0 aliphatic carbocycles. The van der Waals surface area contributed by atoms with Gasteiger partial charge < -0.3 is 9.15 Å². The van der Waals surface area contributed by atoms with Gasteiger partial charge in [0.15, 0.2) is 0 Å². The minimum Gasteiger partial charge on any atom is -0.461 e. The Morgan fingerprint density at radius 3 is 3.00 bits per heavy atom. The lowest BCUT2D eigenvalue weighted by atomic mass is 10.1. The first-order valence-corrected chi connectivity index (χ1v) is 7.17. The molecule has 1 aromatic carbocycles. The topological polar surface area (TPSA) is 56.5 Å². The molecule has 0 saturated carbocycles. The number of ether oxygens (including phenoxy) is 1. The fourth-order valence-electron chi connectivity index (χ4n) is 2.19. The third-order valence-corrected chi connectivity index (χ3v) is 4.12. The second kappa shape index (κ2) is 5.17. The number of carbonyl (C=O) groups is 1. The van der Waals surface area contributed by atoms with Gasteiger partial charge in [-0.05, 0) is 6.07 Å². The van der Waals surface area contributed by atoms with Crippen LogP contribution in [0.5, 0.6) is 0 Å². The van der Waals surface area contributed by atoms with Crippen LogP contribution in [0.15, 0.2) is 44.4 Å². The van der Waals surface area contributed by atoms with Gasteiger partial charge in [0.05, 0.1) is 5.56 Å². The molecule has 0 unspecified atom stereocenters. The molecule has 2 aromatic rings. The lowest BCUT2D eigenvalue weighted by Gasteiger charge is -2.17. The molecule has 20 heavy (non-hydrogen) atoms. The van der Waals surface area contributed by atoms with Crippen molar-refractivity contribution in [1.29, 1.82) is 0 Å². The number of thioether (sulfide) groups is 1. The number of benzene rings is 1. The molecular weight excluding hydrogens is 276 g/mol. The van der Waals surface area contributed by atoms with Gasteiger partial charge in [0.2, 0.25) is 0 Å². The van der Waals surface area contributed by atoms with Crippen molar-refractivity contribution in [1.82, 2.24) is 0 Å². The first-order valence-electron chi connectivity index (χ1n) is 6.18.